The molecule has 1 atom stereocenters. The van der Waals surface area contributed by atoms with Crippen LogP contribution in [0.5, 0.6) is 0 Å². The van der Waals surface area contributed by atoms with E-state index in [-0.39, 0.29) is 11.9 Å². The fourth-order valence-electron chi connectivity index (χ4n) is 2.25. The lowest BCUT2D eigenvalue weighted by molar-refractivity contribution is 0.512. The molecular weight excluding hydrogens is 323 g/mol. The summed E-state index contributed by atoms with van der Waals surface area (Å²) in [6.45, 7) is 4.80. The van der Waals surface area contributed by atoms with Gasteiger partial charge in [-0.3, -0.25) is 16.0 Å². The maximum atomic E-state index is 13.6. The molecule has 0 radical (unpaired) electrons. The van der Waals surface area contributed by atoms with Crippen molar-refractivity contribution < 1.29 is 4.39 Å². The zero-order valence-electron chi connectivity index (χ0n) is 11.5. The molecule has 0 saturated carbocycles. The van der Waals surface area contributed by atoms with Gasteiger partial charge in [-0.15, -0.1) is 0 Å². The van der Waals surface area contributed by atoms with E-state index in [0.717, 1.165) is 23.5 Å². The van der Waals surface area contributed by atoms with Crippen molar-refractivity contribution in [2.75, 3.05) is 0 Å². The number of halogens is 2. The minimum atomic E-state index is -0.289. The molecule has 1 aromatic heterocycles. The van der Waals surface area contributed by atoms with E-state index in [1.165, 1.54) is 6.07 Å². The maximum Gasteiger partial charge on any atom is 0.137 e. The highest BCUT2D eigenvalue weighted by Crippen LogP contribution is 2.23. The van der Waals surface area contributed by atoms with Gasteiger partial charge in [-0.1, -0.05) is 6.07 Å². The molecule has 1 heterocycles. The molecule has 0 amide bonds. The van der Waals surface area contributed by atoms with Gasteiger partial charge >= 0.3 is 0 Å². The van der Waals surface area contributed by atoms with Crippen molar-refractivity contribution in [1.29, 1.82) is 0 Å². The molecule has 6 heteroatoms. The summed E-state index contributed by atoms with van der Waals surface area (Å²) in [5, 5.41) is 4.41. The number of rotatable bonds is 5. The normalized spacial score (nSPS) is 12.7. The van der Waals surface area contributed by atoms with Crippen LogP contribution in [0.25, 0.3) is 0 Å². The van der Waals surface area contributed by atoms with Gasteiger partial charge in [-0.2, -0.15) is 5.10 Å². The summed E-state index contributed by atoms with van der Waals surface area (Å²) in [5.41, 5.74) is 5.62. The molecule has 2 aromatic rings. The molecule has 2 rings (SSSR count). The Hall–Kier alpha value is -1.24. The van der Waals surface area contributed by atoms with Crippen LogP contribution in [0.1, 0.15) is 29.9 Å². The summed E-state index contributed by atoms with van der Waals surface area (Å²) in [5.74, 6) is 5.34. The van der Waals surface area contributed by atoms with Crippen LogP contribution in [0.2, 0.25) is 0 Å². The van der Waals surface area contributed by atoms with Gasteiger partial charge in [0.2, 0.25) is 0 Å². The van der Waals surface area contributed by atoms with E-state index in [1.54, 1.807) is 6.07 Å². The van der Waals surface area contributed by atoms with E-state index in [1.807, 2.05) is 30.7 Å². The summed E-state index contributed by atoms with van der Waals surface area (Å²) in [6, 6.07) is 6.92. The number of nitrogens with one attached hydrogen (secondary N) is 1. The van der Waals surface area contributed by atoms with Crippen LogP contribution in [0.3, 0.4) is 0 Å². The second-order valence-electron chi connectivity index (χ2n) is 4.69. The molecule has 0 fully saturated rings. The number of hydrogen-bond donors (Lipinski definition) is 2. The molecule has 0 spiro atoms. The summed E-state index contributed by atoms with van der Waals surface area (Å²) >= 11 is 3.15. The molecule has 108 valence electrons. The molecular formula is C14H18BrFN4. The smallest absolute Gasteiger partial charge is 0.137 e. The second-order valence-corrected chi connectivity index (χ2v) is 5.54. The second kappa shape index (κ2) is 6.47. The van der Waals surface area contributed by atoms with Crippen LogP contribution >= 0.6 is 15.9 Å². The van der Waals surface area contributed by atoms with Crippen molar-refractivity contribution in [3.05, 3.63) is 51.5 Å². The molecule has 0 aliphatic rings. The summed E-state index contributed by atoms with van der Waals surface area (Å²) in [4.78, 5) is 0. The Morgan fingerprint density at radius 2 is 2.20 bits per heavy atom. The molecule has 1 aromatic carbocycles. The summed E-state index contributed by atoms with van der Waals surface area (Å²) < 4.78 is 16.0. The summed E-state index contributed by atoms with van der Waals surface area (Å²) in [7, 11) is 0. The average molecular weight is 341 g/mol. The first-order valence-electron chi connectivity index (χ1n) is 6.49. The highest BCUT2D eigenvalue weighted by atomic mass is 79.9. The van der Waals surface area contributed by atoms with Crippen LogP contribution < -0.4 is 11.3 Å². The predicted molar refractivity (Wildman–Crippen MR) is 80.5 cm³/mol. The molecule has 4 nitrogen and oxygen atoms in total. The zero-order chi connectivity index (χ0) is 14.7. The quantitative estimate of drug-likeness (QED) is 0.650. The van der Waals surface area contributed by atoms with Crippen LogP contribution in [-0.2, 0) is 13.0 Å². The van der Waals surface area contributed by atoms with Gasteiger partial charge in [-0.05, 0) is 53.5 Å². The molecule has 0 aliphatic heterocycles. The number of hydrazine groups is 1. The van der Waals surface area contributed by atoms with E-state index in [2.05, 4.69) is 26.5 Å². The lowest BCUT2D eigenvalue weighted by atomic mass is 10.0. The van der Waals surface area contributed by atoms with E-state index in [0.29, 0.717) is 10.9 Å². The number of nitrogens with zero attached hydrogens (tertiary/aromatic N) is 2. The first kappa shape index (κ1) is 15.2. The van der Waals surface area contributed by atoms with Gasteiger partial charge in [-0.25, -0.2) is 4.39 Å². The van der Waals surface area contributed by atoms with Gasteiger partial charge in [0.25, 0.3) is 0 Å². The van der Waals surface area contributed by atoms with E-state index in [4.69, 9.17) is 5.84 Å². The highest BCUT2D eigenvalue weighted by molar-refractivity contribution is 9.10. The van der Waals surface area contributed by atoms with Gasteiger partial charge in [0.1, 0.15) is 5.82 Å². The van der Waals surface area contributed by atoms with E-state index in [9.17, 15) is 4.39 Å². The minimum Gasteiger partial charge on any atom is -0.271 e. The maximum absolute atomic E-state index is 13.6. The first-order valence-corrected chi connectivity index (χ1v) is 7.28. The first-order chi connectivity index (χ1) is 9.55. The van der Waals surface area contributed by atoms with Crippen molar-refractivity contribution in [2.45, 2.75) is 32.9 Å². The molecule has 3 N–H and O–H groups in total. The van der Waals surface area contributed by atoms with Crippen LogP contribution in [0.4, 0.5) is 4.39 Å². The predicted octanol–water partition coefficient (Wildman–Crippen LogP) is 2.86. The Kier molecular flexibility index (Phi) is 4.91. The Labute approximate surface area is 126 Å². The SMILES string of the molecule is CCn1nc(C)cc1CC(NN)c1ccc(Br)c(F)c1. The van der Waals surface area contributed by atoms with Gasteiger partial charge in [0, 0.05) is 18.7 Å². The Morgan fingerprint density at radius 3 is 2.80 bits per heavy atom. The van der Waals surface area contributed by atoms with Crippen molar-refractivity contribution in [2.24, 2.45) is 5.84 Å². The van der Waals surface area contributed by atoms with Gasteiger partial charge in [0.15, 0.2) is 0 Å². The van der Waals surface area contributed by atoms with Crippen molar-refractivity contribution >= 4 is 15.9 Å². The highest BCUT2D eigenvalue weighted by Gasteiger charge is 2.15. The van der Waals surface area contributed by atoms with Gasteiger partial charge in [0.05, 0.1) is 16.2 Å². The van der Waals surface area contributed by atoms with Crippen molar-refractivity contribution in [3.63, 3.8) is 0 Å². The number of aryl methyl sites for hydroxylation is 2. The van der Waals surface area contributed by atoms with Crippen LogP contribution in [0.15, 0.2) is 28.7 Å². The Balaban J connectivity index is 2.26. The lowest BCUT2D eigenvalue weighted by Gasteiger charge is -2.17. The molecule has 0 bridgehead atoms. The third-order valence-electron chi connectivity index (χ3n) is 3.25. The standard InChI is InChI=1S/C14H18BrFN4/c1-3-20-11(6-9(2)19-20)8-14(18-17)10-4-5-12(15)13(16)7-10/h4-7,14,18H,3,8,17H2,1-2H3. The molecule has 20 heavy (non-hydrogen) atoms. The lowest BCUT2D eigenvalue weighted by Crippen LogP contribution is -2.30. The van der Waals surface area contributed by atoms with Crippen molar-refractivity contribution in [3.8, 4) is 0 Å². The average Bonchev–Trinajstić information content (AvgIpc) is 2.79. The zero-order valence-corrected chi connectivity index (χ0v) is 13.1. The van der Waals surface area contributed by atoms with Crippen molar-refractivity contribution in [1.82, 2.24) is 15.2 Å². The Morgan fingerprint density at radius 1 is 1.45 bits per heavy atom. The minimum absolute atomic E-state index is 0.154. The number of benzene rings is 1. The monoisotopic (exact) mass is 340 g/mol. The number of aromatic nitrogens is 2. The number of nitrogens with two attached hydrogens (primary N) is 1. The molecule has 0 saturated heterocycles. The molecule has 1 unspecified atom stereocenters. The fraction of sp³-hybridized carbons (Fsp3) is 0.357. The number of hydrogen-bond acceptors (Lipinski definition) is 3. The van der Waals surface area contributed by atoms with Gasteiger partial charge < -0.3 is 0 Å². The van der Waals surface area contributed by atoms with E-state index >= 15 is 0 Å². The third-order valence-corrected chi connectivity index (χ3v) is 3.89. The van der Waals surface area contributed by atoms with Crippen LogP contribution in [-0.4, -0.2) is 9.78 Å². The van der Waals surface area contributed by atoms with Crippen LogP contribution in [0, 0.1) is 12.7 Å². The van der Waals surface area contributed by atoms with E-state index < -0.39 is 0 Å². The largest absolute Gasteiger partial charge is 0.271 e. The topological polar surface area (TPSA) is 55.9 Å². The molecule has 0 aliphatic carbocycles. The third kappa shape index (κ3) is 3.26. The Bertz CT molecular complexity index is 597. The summed E-state index contributed by atoms with van der Waals surface area (Å²) in [6.07, 6.45) is 0.659. The fourth-order valence-corrected chi connectivity index (χ4v) is 2.50.